The quantitative estimate of drug-likeness (QED) is 0.720. The molecule has 0 radical (unpaired) electrons. The monoisotopic (exact) mass is 303 g/mol. The number of carbonyl (C=O) groups excluding carboxylic acids is 1. The van der Waals surface area contributed by atoms with Crippen LogP contribution < -0.4 is 11.1 Å². The van der Waals surface area contributed by atoms with Crippen molar-refractivity contribution in [2.75, 3.05) is 12.3 Å². The van der Waals surface area contributed by atoms with Gasteiger partial charge in [-0.2, -0.15) is 10.2 Å². The maximum Gasteiger partial charge on any atom is 0.263 e. The smallest absolute Gasteiger partial charge is 0.263 e. The Balaban J connectivity index is 1.68. The van der Waals surface area contributed by atoms with E-state index in [1.165, 1.54) is 11.3 Å². The van der Waals surface area contributed by atoms with Crippen molar-refractivity contribution in [2.45, 2.75) is 6.42 Å². The van der Waals surface area contributed by atoms with E-state index >= 15 is 0 Å². The molecule has 0 unspecified atom stereocenters. The molecule has 0 spiro atoms. The summed E-state index contributed by atoms with van der Waals surface area (Å²) in [5, 5.41) is 15.5. The number of nitrogen functional groups attached to an aromatic ring is 1. The Kier molecular flexibility index (Phi) is 3.48. The molecule has 3 aromatic heterocycles. The fraction of sp³-hybridized carbons (Fsp3) is 0.250. The van der Waals surface area contributed by atoms with Gasteiger partial charge in [0.25, 0.3) is 5.91 Å². The number of hydrogen-bond acceptors (Lipinski definition) is 7. The first kappa shape index (κ1) is 13.4. The molecule has 3 N–H and O–H groups in total. The van der Waals surface area contributed by atoms with Crippen molar-refractivity contribution >= 4 is 33.1 Å². The van der Waals surface area contributed by atoms with Gasteiger partial charge in [-0.15, -0.1) is 16.4 Å². The first-order valence-corrected chi connectivity index (χ1v) is 7.09. The summed E-state index contributed by atoms with van der Waals surface area (Å²) < 4.78 is 1.62. The average Bonchev–Trinajstić information content (AvgIpc) is 3.03. The molecular formula is C12H13N7OS. The topological polar surface area (TPSA) is 112 Å². The van der Waals surface area contributed by atoms with Gasteiger partial charge in [0.05, 0.1) is 11.9 Å². The number of nitrogens with two attached hydrogens (primary N) is 1. The second-order valence-corrected chi connectivity index (χ2v) is 5.43. The zero-order valence-electron chi connectivity index (χ0n) is 11.3. The van der Waals surface area contributed by atoms with Crippen molar-refractivity contribution in [1.82, 2.24) is 30.3 Å². The van der Waals surface area contributed by atoms with Crippen LogP contribution in [0.2, 0.25) is 0 Å². The van der Waals surface area contributed by atoms with E-state index < -0.39 is 0 Å². The van der Waals surface area contributed by atoms with Crippen molar-refractivity contribution in [2.24, 2.45) is 7.05 Å². The van der Waals surface area contributed by atoms with E-state index in [0.29, 0.717) is 34.2 Å². The lowest BCUT2D eigenvalue weighted by atomic mass is 10.3. The minimum Gasteiger partial charge on any atom is -0.397 e. The highest BCUT2D eigenvalue weighted by Gasteiger charge is 2.16. The van der Waals surface area contributed by atoms with E-state index in [9.17, 15) is 4.79 Å². The number of rotatable bonds is 4. The van der Waals surface area contributed by atoms with Gasteiger partial charge < -0.3 is 11.1 Å². The van der Waals surface area contributed by atoms with E-state index in [4.69, 9.17) is 5.73 Å². The minimum atomic E-state index is -0.216. The van der Waals surface area contributed by atoms with Crippen LogP contribution >= 0.6 is 11.3 Å². The van der Waals surface area contributed by atoms with E-state index in [1.807, 2.05) is 0 Å². The van der Waals surface area contributed by atoms with Crippen LogP contribution in [0.15, 0.2) is 18.6 Å². The highest BCUT2D eigenvalue weighted by molar-refractivity contribution is 7.21. The number of aromatic nitrogens is 5. The third-order valence-electron chi connectivity index (χ3n) is 2.91. The molecule has 3 heterocycles. The van der Waals surface area contributed by atoms with Gasteiger partial charge in [-0.25, -0.2) is 4.98 Å². The van der Waals surface area contributed by atoms with Gasteiger partial charge in [-0.1, -0.05) is 0 Å². The third kappa shape index (κ3) is 2.68. The van der Waals surface area contributed by atoms with Gasteiger partial charge in [0.15, 0.2) is 5.82 Å². The summed E-state index contributed by atoms with van der Waals surface area (Å²) in [7, 11) is 1.80. The maximum absolute atomic E-state index is 12.2. The predicted molar refractivity (Wildman–Crippen MR) is 78.9 cm³/mol. The highest BCUT2D eigenvalue weighted by Crippen LogP contribution is 2.31. The number of amides is 1. The van der Waals surface area contributed by atoms with Crippen molar-refractivity contribution in [3.63, 3.8) is 0 Å². The molecule has 0 aliphatic rings. The Morgan fingerprint density at radius 3 is 3.10 bits per heavy atom. The Morgan fingerprint density at radius 2 is 2.38 bits per heavy atom. The van der Waals surface area contributed by atoms with Gasteiger partial charge in [-0.05, 0) is 6.07 Å². The molecule has 0 bridgehead atoms. The van der Waals surface area contributed by atoms with Gasteiger partial charge in [0.1, 0.15) is 16.0 Å². The lowest BCUT2D eigenvalue weighted by molar-refractivity contribution is 0.0959. The number of aryl methyl sites for hydroxylation is 1. The van der Waals surface area contributed by atoms with Crippen LogP contribution in [0.3, 0.4) is 0 Å². The summed E-state index contributed by atoms with van der Waals surface area (Å²) in [5.41, 5.74) is 6.42. The maximum atomic E-state index is 12.2. The van der Waals surface area contributed by atoms with Crippen molar-refractivity contribution < 1.29 is 4.79 Å². The fourth-order valence-corrected chi connectivity index (χ4v) is 2.86. The van der Waals surface area contributed by atoms with E-state index in [0.717, 1.165) is 5.39 Å². The summed E-state index contributed by atoms with van der Waals surface area (Å²) in [4.78, 5) is 17.4. The molecule has 3 aromatic rings. The molecular weight excluding hydrogens is 290 g/mol. The van der Waals surface area contributed by atoms with Crippen molar-refractivity contribution in [1.29, 1.82) is 0 Å². The van der Waals surface area contributed by atoms with Gasteiger partial charge in [0.2, 0.25) is 0 Å². The molecule has 108 valence electrons. The predicted octanol–water partition coefficient (Wildman–Crippen LogP) is 0.374. The lowest BCUT2D eigenvalue weighted by Gasteiger charge is -2.02. The van der Waals surface area contributed by atoms with Crippen LogP contribution in [0.1, 0.15) is 15.5 Å². The zero-order valence-corrected chi connectivity index (χ0v) is 12.1. The Hall–Kier alpha value is -2.55. The second kappa shape index (κ2) is 5.44. The molecule has 8 nitrogen and oxygen atoms in total. The number of hydrogen-bond donors (Lipinski definition) is 2. The first-order chi connectivity index (χ1) is 10.1. The van der Waals surface area contributed by atoms with Gasteiger partial charge in [-0.3, -0.25) is 9.48 Å². The standard InChI is InChI=1S/C12H13N7OS/c1-19-6-15-8(18-19)3-4-14-11(20)10-9(13)7-2-5-16-17-12(7)21-10/h2,5-6H,3-4,13H2,1H3,(H,14,20). The third-order valence-corrected chi connectivity index (χ3v) is 4.01. The Labute approximate surface area is 124 Å². The highest BCUT2D eigenvalue weighted by atomic mass is 32.1. The summed E-state index contributed by atoms with van der Waals surface area (Å²) in [5.74, 6) is 0.472. The molecule has 3 rings (SSSR count). The van der Waals surface area contributed by atoms with E-state index in [-0.39, 0.29) is 5.91 Å². The number of nitrogens with one attached hydrogen (secondary N) is 1. The summed E-state index contributed by atoms with van der Waals surface area (Å²) in [6.45, 7) is 0.447. The SMILES string of the molecule is Cn1cnc(CCNC(=O)c2sc3nnccc3c2N)n1. The molecule has 1 amide bonds. The van der Waals surface area contributed by atoms with Crippen LogP contribution in [-0.4, -0.2) is 37.4 Å². The molecule has 0 aliphatic carbocycles. The summed E-state index contributed by atoms with van der Waals surface area (Å²) in [6.07, 6.45) is 3.75. The average molecular weight is 303 g/mol. The van der Waals surface area contributed by atoms with Crippen LogP contribution in [0.5, 0.6) is 0 Å². The Morgan fingerprint density at radius 1 is 1.52 bits per heavy atom. The Bertz CT molecular complexity index is 794. The molecule has 21 heavy (non-hydrogen) atoms. The largest absolute Gasteiger partial charge is 0.397 e. The molecule has 9 heteroatoms. The molecule has 0 saturated carbocycles. The van der Waals surface area contributed by atoms with Crippen molar-refractivity contribution in [3.8, 4) is 0 Å². The van der Waals surface area contributed by atoms with Crippen LogP contribution in [0.4, 0.5) is 5.69 Å². The zero-order chi connectivity index (χ0) is 14.8. The number of thiophene rings is 1. The normalized spacial score (nSPS) is 10.9. The fourth-order valence-electron chi connectivity index (χ4n) is 1.91. The second-order valence-electron chi connectivity index (χ2n) is 4.44. The molecule has 0 fully saturated rings. The van der Waals surface area contributed by atoms with E-state index in [1.54, 1.807) is 30.3 Å². The number of fused-ring (bicyclic) bond motifs is 1. The summed E-state index contributed by atoms with van der Waals surface area (Å²) >= 11 is 1.24. The molecule has 0 aliphatic heterocycles. The molecule has 0 aromatic carbocycles. The van der Waals surface area contributed by atoms with Gasteiger partial charge in [0, 0.05) is 25.4 Å². The summed E-state index contributed by atoms with van der Waals surface area (Å²) in [6, 6.07) is 1.75. The van der Waals surface area contributed by atoms with Gasteiger partial charge >= 0.3 is 0 Å². The number of carbonyl (C=O) groups is 1. The lowest BCUT2D eigenvalue weighted by Crippen LogP contribution is -2.25. The molecule has 0 saturated heterocycles. The number of anilines is 1. The van der Waals surface area contributed by atoms with E-state index in [2.05, 4.69) is 25.6 Å². The molecule has 0 atom stereocenters. The number of nitrogens with zero attached hydrogens (tertiary/aromatic N) is 5. The van der Waals surface area contributed by atoms with Crippen LogP contribution in [0, 0.1) is 0 Å². The minimum absolute atomic E-state index is 0.216. The van der Waals surface area contributed by atoms with Crippen LogP contribution in [0.25, 0.3) is 10.2 Å². The van der Waals surface area contributed by atoms with Crippen molar-refractivity contribution in [3.05, 3.63) is 29.3 Å². The van der Waals surface area contributed by atoms with Crippen LogP contribution in [-0.2, 0) is 13.5 Å². The first-order valence-electron chi connectivity index (χ1n) is 6.27.